The summed E-state index contributed by atoms with van der Waals surface area (Å²) < 4.78 is 22.6. The number of nitrogens with one attached hydrogen (secondary N) is 2. The first-order chi connectivity index (χ1) is 6.17. The third-order valence-electron chi connectivity index (χ3n) is 2.25. The molecular weight excluding hydrogens is 188 g/mol. The lowest BCUT2D eigenvalue weighted by atomic mass is 10.2. The molecule has 0 saturated carbocycles. The Morgan fingerprint density at radius 3 is 2.92 bits per heavy atom. The van der Waals surface area contributed by atoms with E-state index in [-0.39, 0.29) is 17.5 Å². The number of aromatic amines is 1. The smallest absolute Gasteiger partial charge is 0.153 e. The SMILES string of the molecule is O=S1(=O)CCNC(c2cc[nH]c2)C1. The molecule has 1 atom stereocenters. The summed E-state index contributed by atoms with van der Waals surface area (Å²) in [5.41, 5.74) is 1.02. The molecule has 1 fully saturated rings. The van der Waals surface area contributed by atoms with Gasteiger partial charge in [-0.1, -0.05) is 0 Å². The zero-order valence-corrected chi connectivity index (χ0v) is 7.97. The Kier molecular flexibility index (Phi) is 2.13. The van der Waals surface area contributed by atoms with Crippen LogP contribution in [0.2, 0.25) is 0 Å². The first kappa shape index (κ1) is 8.77. The second kappa shape index (κ2) is 3.16. The molecule has 2 heterocycles. The first-order valence-corrected chi connectivity index (χ1v) is 6.06. The van der Waals surface area contributed by atoms with Crippen LogP contribution in [0.15, 0.2) is 18.5 Å². The average Bonchev–Trinajstić information content (AvgIpc) is 2.53. The molecule has 2 rings (SSSR count). The molecule has 5 heteroatoms. The van der Waals surface area contributed by atoms with Crippen LogP contribution in [0.25, 0.3) is 0 Å². The summed E-state index contributed by atoms with van der Waals surface area (Å²) in [4.78, 5) is 2.92. The van der Waals surface area contributed by atoms with Crippen LogP contribution >= 0.6 is 0 Å². The van der Waals surface area contributed by atoms with Gasteiger partial charge in [0.05, 0.1) is 11.5 Å². The van der Waals surface area contributed by atoms with Gasteiger partial charge in [0.2, 0.25) is 0 Å². The second-order valence-electron chi connectivity index (χ2n) is 3.27. The van der Waals surface area contributed by atoms with Crippen molar-refractivity contribution in [2.45, 2.75) is 6.04 Å². The van der Waals surface area contributed by atoms with E-state index in [2.05, 4.69) is 10.3 Å². The Balaban J connectivity index is 2.18. The number of sulfone groups is 1. The number of rotatable bonds is 1. The van der Waals surface area contributed by atoms with Gasteiger partial charge in [-0.2, -0.15) is 0 Å². The normalized spacial score (nSPS) is 27.2. The Morgan fingerprint density at radius 1 is 1.46 bits per heavy atom. The van der Waals surface area contributed by atoms with Crippen LogP contribution in [-0.4, -0.2) is 31.5 Å². The molecule has 2 N–H and O–H groups in total. The van der Waals surface area contributed by atoms with E-state index < -0.39 is 9.84 Å². The van der Waals surface area contributed by atoms with Gasteiger partial charge in [0, 0.05) is 25.0 Å². The fourth-order valence-electron chi connectivity index (χ4n) is 1.55. The summed E-state index contributed by atoms with van der Waals surface area (Å²) in [6.45, 7) is 0.554. The highest BCUT2D eigenvalue weighted by molar-refractivity contribution is 7.91. The van der Waals surface area contributed by atoms with Crippen LogP contribution in [0.4, 0.5) is 0 Å². The molecule has 72 valence electrons. The third kappa shape index (κ3) is 1.92. The molecule has 1 aliphatic heterocycles. The van der Waals surface area contributed by atoms with Gasteiger partial charge in [-0.3, -0.25) is 0 Å². The maximum Gasteiger partial charge on any atom is 0.153 e. The lowest BCUT2D eigenvalue weighted by Gasteiger charge is -2.22. The fraction of sp³-hybridized carbons (Fsp3) is 0.500. The third-order valence-corrected chi connectivity index (χ3v) is 3.92. The van der Waals surface area contributed by atoms with Crippen molar-refractivity contribution in [3.63, 3.8) is 0 Å². The summed E-state index contributed by atoms with van der Waals surface area (Å²) >= 11 is 0. The minimum Gasteiger partial charge on any atom is -0.367 e. The first-order valence-electron chi connectivity index (χ1n) is 4.24. The molecule has 0 spiro atoms. The van der Waals surface area contributed by atoms with Crippen LogP contribution < -0.4 is 5.32 Å². The lowest BCUT2D eigenvalue weighted by Crippen LogP contribution is -2.38. The van der Waals surface area contributed by atoms with Crippen molar-refractivity contribution >= 4 is 9.84 Å². The number of aromatic nitrogens is 1. The van der Waals surface area contributed by atoms with Crippen molar-refractivity contribution < 1.29 is 8.42 Å². The van der Waals surface area contributed by atoms with Crippen LogP contribution in [-0.2, 0) is 9.84 Å². The van der Waals surface area contributed by atoms with E-state index in [1.807, 2.05) is 12.3 Å². The summed E-state index contributed by atoms with van der Waals surface area (Å²) in [5, 5.41) is 3.18. The van der Waals surface area contributed by atoms with Gasteiger partial charge in [-0.25, -0.2) is 8.42 Å². The molecule has 0 aromatic carbocycles. The van der Waals surface area contributed by atoms with E-state index >= 15 is 0 Å². The van der Waals surface area contributed by atoms with Crippen molar-refractivity contribution in [1.82, 2.24) is 10.3 Å². The van der Waals surface area contributed by atoms with Crippen molar-refractivity contribution in [3.05, 3.63) is 24.0 Å². The predicted octanol–water partition coefficient (Wildman–Crippen LogP) is 0.0738. The maximum absolute atomic E-state index is 11.3. The molecule has 0 amide bonds. The molecule has 13 heavy (non-hydrogen) atoms. The average molecular weight is 200 g/mol. The Morgan fingerprint density at radius 2 is 2.31 bits per heavy atom. The maximum atomic E-state index is 11.3. The van der Waals surface area contributed by atoms with E-state index in [1.165, 1.54) is 0 Å². The van der Waals surface area contributed by atoms with E-state index in [0.29, 0.717) is 6.54 Å². The van der Waals surface area contributed by atoms with Crippen molar-refractivity contribution in [2.24, 2.45) is 0 Å². The largest absolute Gasteiger partial charge is 0.367 e. The zero-order chi connectivity index (χ0) is 9.31. The summed E-state index contributed by atoms with van der Waals surface area (Å²) in [5.74, 6) is 0.471. The number of hydrogen-bond acceptors (Lipinski definition) is 3. The minimum atomic E-state index is -2.83. The van der Waals surface area contributed by atoms with E-state index in [9.17, 15) is 8.42 Å². The van der Waals surface area contributed by atoms with Gasteiger partial charge in [0.1, 0.15) is 0 Å². The topological polar surface area (TPSA) is 62.0 Å². The van der Waals surface area contributed by atoms with Crippen molar-refractivity contribution in [1.29, 1.82) is 0 Å². The highest BCUT2D eigenvalue weighted by Gasteiger charge is 2.25. The highest BCUT2D eigenvalue weighted by Crippen LogP contribution is 2.17. The van der Waals surface area contributed by atoms with Gasteiger partial charge in [-0.05, 0) is 11.6 Å². The van der Waals surface area contributed by atoms with Crippen molar-refractivity contribution in [2.75, 3.05) is 18.1 Å². The molecular formula is C8H12N2O2S. The monoisotopic (exact) mass is 200 g/mol. The molecule has 0 radical (unpaired) electrons. The Labute approximate surface area is 77.3 Å². The van der Waals surface area contributed by atoms with Crippen molar-refractivity contribution in [3.8, 4) is 0 Å². The fourth-order valence-corrected chi connectivity index (χ4v) is 2.97. The van der Waals surface area contributed by atoms with Gasteiger partial charge in [-0.15, -0.1) is 0 Å². The summed E-state index contributed by atoms with van der Waals surface area (Å²) in [6.07, 6.45) is 3.64. The minimum absolute atomic E-state index is 0.0370. The zero-order valence-electron chi connectivity index (χ0n) is 7.16. The van der Waals surface area contributed by atoms with Crippen LogP contribution in [0, 0.1) is 0 Å². The van der Waals surface area contributed by atoms with Gasteiger partial charge in [0.25, 0.3) is 0 Å². The molecule has 1 unspecified atom stereocenters. The quantitative estimate of drug-likeness (QED) is 0.674. The van der Waals surface area contributed by atoms with Gasteiger partial charge in [0.15, 0.2) is 9.84 Å². The Bertz CT molecular complexity index is 369. The second-order valence-corrected chi connectivity index (χ2v) is 5.49. The van der Waals surface area contributed by atoms with E-state index in [1.54, 1.807) is 6.20 Å². The molecule has 0 aliphatic carbocycles. The van der Waals surface area contributed by atoms with Gasteiger partial charge >= 0.3 is 0 Å². The highest BCUT2D eigenvalue weighted by atomic mass is 32.2. The number of hydrogen-bond donors (Lipinski definition) is 2. The number of H-pyrrole nitrogens is 1. The summed E-state index contributed by atoms with van der Waals surface area (Å²) in [7, 11) is -2.83. The lowest BCUT2D eigenvalue weighted by molar-refractivity contribution is 0.531. The van der Waals surface area contributed by atoms with Crippen LogP contribution in [0.5, 0.6) is 0 Å². The van der Waals surface area contributed by atoms with Gasteiger partial charge < -0.3 is 10.3 Å². The van der Waals surface area contributed by atoms with E-state index in [4.69, 9.17) is 0 Å². The predicted molar refractivity (Wildman–Crippen MR) is 50.2 cm³/mol. The Hall–Kier alpha value is -0.810. The van der Waals surface area contributed by atoms with E-state index in [0.717, 1.165) is 5.56 Å². The molecule has 0 bridgehead atoms. The molecule has 4 nitrogen and oxygen atoms in total. The molecule has 1 saturated heterocycles. The van der Waals surface area contributed by atoms with Crippen LogP contribution in [0.3, 0.4) is 0 Å². The van der Waals surface area contributed by atoms with Crippen LogP contribution in [0.1, 0.15) is 11.6 Å². The standard InChI is InChI=1S/C8H12N2O2S/c11-13(12)4-3-10-8(6-13)7-1-2-9-5-7/h1-2,5,8-10H,3-4,6H2. The molecule has 1 aromatic heterocycles. The molecule has 1 aliphatic rings. The molecule has 1 aromatic rings. The summed E-state index contributed by atoms with van der Waals surface area (Å²) in [6, 6.07) is 1.86.